The first-order valence-corrected chi connectivity index (χ1v) is 14.3. The van der Waals surface area contributed by atoms with E-state index in [-0.39, 0.29) is 18.0 Å². The number of nitrogens with zero attached hydrogens (tertiary/aromatic N) is 2. The molecule has 7 nitrogen and oxygen atoms in total. The summed E-state index contributed by atoms with van der Waals surface area (Å²) in [6.07, 6.45) is 3.20. The van der Waals surface area contributed by atoms with E-state index in [0.717, 1.165) is 44.4 Å². The second-order valence-corrected chi connectivity index (χ2v) is 11.5. The van der Waals surface area contributed by atoms with Crippen molar-refractivity contribution in [3.63, 3.8) is 0 Å². The minimum absolute atomic E-state index is 0.0537. The van der Waals surface area contributed by atoms with E-state index in [1.807, 2.05) is 73.7 Å². The van der Waals surface area contributed by atoms with Crippen molar-refractivity contribution >= 4 is 21.7 Å². The normalized spacial score (nSPS) is 15.2. The van der Waals surface area contributed by atoms with E-state index in [1.165, 1.54) is 12.1 Å². The lowest BCUT2D eigenvalue weighted by Gasteiger charge is -2.23. The van der Waals surface area contributed by atoms with E-state index < -0.39 is 27.8 Å². The summed E-state index contributed by atoms with van der Waals surface area (Å²) < 4.78 is 40.8. The molecule has 4 aromatic rings. The summed E-state index contributed by atoms with van der Waals surface area (Å²) in [5.41, 5.74) is 4.75. The Morgan fingerprint density at radius 3 is 2.40 bits per heavy atom. The molecule has 1 aliphatic heterocycles. The van der Waals surface area contributed by atoms with Crippen molar-refractivity contribution in [3.8, 4) is 11.3 Å². The molecule has 2 heterocycles. The monoisotopic (exact) mass is 556 g/mol. The molecule has 1 unspecified atom stereocenters. The van der Waals surface area contributed by atoms with Gasteiger partial charge in [-0.1, -0.05) is 72.3 Å². The molecule has 2 N–H and O–H groups in total. The van der Waals surface area contributed by atoms with Crippen molar-refractivity contribution in [2.75, 3.05) is 11.9 Å². The molecule has 5 rings (SSSR count). The lowest BCUT2D eigenvalue weighted by atomic mass is 10.1. The van der Waals surface area contributed by atoms with Crippen LogP contribution in [0.15, 0.2) is 108 Å². The van der Waals surface area contributed by atoms with Crippen molar-refractivity contribution in [3.05, 3.63) is 126 Å². The van der Waals surface area contributed by atoms with Gasteiger partial charge >= 0.3 is 0 Å². The molecule has 3 aromatic carbocycles. The molecule has 40 heavy (non-hydrogen) atoms. The first kappa shape index (κ1) is 27.2. The Bertz CT molecular complexity index is 1620. The van der Waals surface area contributed by atoms with Crippen LogP contribution in [0.5, 0.6) is 0 Å². The smallest absolute Gasteiger partial charge is 0.244 e. The van der Waals surface area contributed by atoms with Crippen molar-refractivity contribution in [1.82, 2.24) is 14.6 Å². The highest BCUT2D eigenvalue weighted by atomic mass is 32.2. The molecule has 0 spiro atoms. The Labute approximate surface area is 233 Å². The van der Waals surface area contributed by atoms with Gasteiger partial charge in [0.2, 0.25) is 15.9 Å². The first-order valence-electron chi connectivity index (χ1n) is 12.9. The zero-order chi connectivity index (χ0) is 28.1. The minimum atomic E-state index is -4.00. The van der Waals surface area contributed by atoms with Crippen LogP contribution in [0, 0.1) is 12.7 Å². The number of aryl methyl sites for hydroxylation is 1. The van der Waals surface area contributed by atoms with Crippen LogP contribution in [0.2, 0.25) is 0 Å². The maximum atomic E-state index is 13.3. The number of carbonyl (C=O) groups is 1. The van der Waals surface area contributed by atoms with Gasteiger partial charge in [0.1, 0.15) is 17.7 Å². The fourth-order valence-electron chi connectivity index (χ4n) is 4.45. The van der Waals surface area contributed by atoms with Gasteiger partial charge in [-0.3, -0.25) is 4.79 Å². The molecule has 0 bridgehead atoms. The van der Waals surface area contributed by atoms with Gasteiger partial charge in [-0.05, 0) is 54.4 Å². The van der Waals surface area contributed by atoms with Crippen LogP contribution in [-0.2, 0) is 27.9 Å². The van der Waals surface area contributed by atoms with Crippen molar-refractivity contribution < 1.29 is 17.6 Å². The number of rotatable bonds is 9. The molecule has 204 valence electrons. The number of pyridine rings is 1. The fraction of sp³-hybridized carbons (Fsp3) is 0.161. The van der Waals surface area contributed by atoms with Gasteiger partial charge in [-0.15, -0.1) is 0 Å². The minimum Gasteiger partial charge on any atom is -0.366 e. The topological polar surface area (TPSA) is 91.4 Å². The average molecular weight is 557 g/mol. The van der Waals surface area contributed by atoms with E-state index in [9.17, 15) is 17.6 Å². The van der Waals surface area contributed by atoms with Crippen LogP contribution >= 0.6 is 0 Å². The summed E-state index contributed by atoms with van der Waals surface area (Å²) in [4.78, 5) is 17.9. The molecule has 1 amide bonds. The Kier molecular flexibility index (Phi) is 8.04. The Balaban J connectivity index is 1.34. The van der Waals surface area contributed by atoms with Crippen LogP contribution in [-0.4, -0.2) is 36.2 Å². The molecule has 9 heteroatoms. The van der Waals surface area contributed by atoms with Gasteiger partial charge in [0.05, 0.1) is 10.6 Å². The molecular formula is C31H29FN4O3S. The highest BCUT2D eigenvalue weighted by Crippen LogP contribution is 2.24. The van der Waals surface area contributed by atoms with Gasteiger partial charge < -0.3 is 10.6 Å². The summed E-state index contributed by atoms with van der Waals surface area (Å²) in [5, 5.41) is 6.25. The number of hydrogen-bond acceptors (Lipinski definition) is 5. The standard InChI is InChI=1S/C31H29FN4O3S/c1-22-9-11-25(12-10-22)28-18-24(19-30(35-28)33-20-23-6-3-2-4-7-23)21-34-31(37)29-8-5-17-36(29)40(38,39)27-15-13-26(32)14-16-27/h2-16,18-19,29H,17,20-21H2,1H3,(H,33,35)(H,34,37). The number of aromatic nitrogens is 1. The zero-order valence-corrected chi connectivity index (χ0v) is 22.7. The Morgan fingerprint density at radius 1 is 0.950 bits per heavy atom. The highest BCUT2D eigenvalue weighted by molar-refractivity contribution is 7.89. The van der Waals surface area contributed by atoms with Crippen LogP contribution in [0.25, 0.3) is 11.3 Å². The molecule has 0 saturated carbocycles. The Morgan fingerprint density at radius 2 is 1.68 bits per heavy atom. The largest absolute Gasteiger partial charge is 0.366 e. The van der Waals surface area contributed by atoms with E-state index in [4.69, 9.17) is 4.98 Å². The number of benzene rings is 3. The summed E-state index contributed by atoms with van der Waals surface area (Å²) in [5.74, 6) is -0.327. The van der Waals surface area contributed by atoms with Crippen LogP contribution in [0.4, 0.5) is 10.2 Å². The fourth-order valence-corrected chi connectivity index (χ4v) is 5.94. The molecule has 1 aliphatic rings. The highest BCUT2D eigenvalue weighted by Gasteiger charge is 2.36. The summed E-state index contributed by atoms with van der Waals surface area (Å²) >= 11 is 0. The van der Waals surface area contributed by atoms with Gasteiger partial charge in [-0.2, -0.15) is 4.31 Å². The number of hydrogen-bond donors (Lipinski definition) is 2. The van der Waals surface area contributed by atoms with Gasteiger partial charge in [0.15, 0.2) is 0 Å². The molecule has 0 saturated heterocycles. The average Bonchev–Trinajstić information content (AvgIpc) is 3.47. The molecule has 1 aromatic heterocycles. The summed E-state index contributed by atoms with van der Waals surface area (Å²) in [6.45, 7) is 2.83. The van der Waals surface area contributed by atoms with Crippen LogP contribution < -0.4 is 10.6 Å². The number of halogens is 1. The molecular weight excluding hydrogens is 527 g/mol. The third-order valence-electron chi connectivity index (χ3n) is 6.62. The lowest BCUT2D eigenvalue weighted by Crippen LogP contribution is -2.45. The first-order chi connectivity index (χ1) is 19.3. The Hall–Kier alpha value is -4.34. The number of anilines is 1. The molecule has 0 aliphatic carbocycles. The molecule has 1 atom stereocenters. The zero-order valence-electron chi connectivity index (χ0n) is 21.9. The van der Waals surface area contributed by atoms with Crippen LogP contribution in [0.3, 0.4) is 0 Å². The van der Waals surface area contributed by atoms with Gasteiger partial charge in [-0.25, -0.2) is 17.8 Å². The quantitative estimate of drug-likeness (QED) is 0.282. The number of sulfonamides is 1. The molecule has 0 radical (unpaired) electrons. The summed E-state index contributed by atoms with van der Waals surface area (Å²) in [6, 6.07) is 25.4. The van der Waals surface area contributed by atoms with Gasteiger partial charge in [0.25, 0.3) is 0 Å². The SMILES string of the molecule is Cc1ccc(-c2cc(CNC(=O)C3C=CCN3S(=O)(=O)c3ccc(F)cc3)cc(NCc3ccccc3)n2)cc1. The summed E-state index contributed by atoms with van der Waals surface area (Å²) in [7, 11) is -4.00. The molecule has 0 fully saturated rings. The maximum Gasteiger partial charge on any atom is 0.244 e. The van der Waals surface area contributed by atoms with E-state index in [2.05, 4.69) is 10.6 Å². The predicted molar refractivity (Wildman–Crippen MR) is 153 cm³/mol. The third-order valence-corrected chi connectivity index (χ3v) is 8.48. The predicted octanol–water partition coefficient (Wildman–Crippen LogP) is 5.05. The van der Waals surface area contributed by atoms with E-state index in [1.54, 1.807) is 12.2 Å². The second kappa shape index (κ2) is 11.8. The van der Waals surface area contributed by atoms with Crippen LogP contribution in [0.1, 0.15) is 16.7 Å². The van der Waals surface area contributed by atoms with Crippen molar-refractivity contribution in [2.24, 2.45) is 0 Å². The number of amides is 1. The third kappa shape index (κ3) is 6.27. The number of carbonyl (C=O) groups excluding carboxylic acids is 1. The lowest BCUT2D eigenvalue weighted by molar-refractivity contribution is -0.123. The van der Waals surface area contributed by atoms with Crippen molar-refractivity contribution in [2.45, 2.75) is 31.0 Å². The maximum absolute atomic E-state index is 13.3. The van der Waals surface area contributed by atoms with Crippen molar-refractivity contribution in [1.29, 1.82) is 0 Å². The second-order valence-electron chi connectivity index (χ2n) is 9.57. The van der Waals surface area contributed by atoms with E-state index in [0.29, 0.717) is 12.4 Å². The van der Waals surface area contributed by atoms with E-state index >= 15 is 0 Å². The number of nitrogens with one attached hydrogen (secondary N) is 2. The van der Waals surface area contributed by atoms with Gasteiger partial charge in [0, 0.05) is 25.2 Å².